The molecule has 4 nitrogen and oxygen atoms in total. The van der Waals surface area contributed by atoms with Crippen molar-refractivity contribution >= 4 is 16.9 Å². The monoisotopic (exact) mass is 244 g/mol. The predicted octanol–water partition coefficient (Wildman–Crippen LogP) is -0.508. The molecule has 0 saturated carbocycles. The number of carboxylic acids is 1. The molecule has 2 N–H and O–H groups in total. The average Bonchev–Trinajstić information content (AvgIpc) is 2.75. The smallest absolute Gasteiger partial charge is 0.105 e. The lowest BCUT2D eigenvalue weighted by atomic mass is 10.0. The highest BCUT2D eigenvalue weighted by molar-refractivity contribution is 5.94. The maximum atomic E-state index is 10.9. The molecule has 18 heavy (non-hydrogen) atoms. The molecule has 0 radical (unpaired) electrons. The zero-order valence-corrected chi connectivity index (χ0v) is 10.4. The standard InChI is InChI=1S/C14H16N2O2/c1-2-16-6-5-13-11(8-16)10-7-9(14(17)18)3-4-12(10)15-13/h3-4,7,15H,2,5-6,8H2,1H3,(H,17,18). The Balaban J connectivity index is 2.14. The summed E-state index contributed by atoms with van der Waals surface area (Å²) in [5.74, 6) is -1.11. The molecule has 0 amide bonds. The Morgan fingerprint density at radius 2 is 2.33 bits per heavy atom. The molecule has 1 aliphatic rings. The Morgan fingerprint density at radius 1 is 1.50 bits per heavy atom. The number of hydrogen-bond acceptors (Lipinski definition) is 2. The van der Waals surface area contributed by atoms with E-state index in [1.54, 1.807) is 17.0 Å². The summed E-state index contributed by atoms with van der Waals surface area (Å²) in [4.78, 5) is 15.9. The summed E-state index contributed by atoms with van der Waals surface area (Å²) in [7, 11) is 0. The number of fused-ring (bicyclic) bond motifs is 3. The van der Waals surface area contributed by atoms with Gasteiger partial charge in [-0.15, -0.1) is 0 Å². The first-order valence-electron chi connectivity index (χ1n) is 6.37. The lowest BCUT2D eigenvalue weighted by molar-refractivity contribution is -0.914. The van der Waals surface area contributed by atoms with Crippen molar-refractivity contribution in [3.8, 4) is 0 Å². The van der Waals surface area contributed by atoms with Crippen LogP contribution in [0.15, 0.2) is 18.2 Å². The lowest BCUT2D eigenvalue weighted by Crippen LogP contribution is -3.11. The first-order valence-corrected chi connectivity index (χ1v) is 6.37. The summed E-state index contributed by atoms with van der Waals surface area (Å²) in [6.45, 7) is 5.40. The van der Waals surface area contributed by atoms with Crippen molar-refractivity contribution in [3.05, 3.63) is 35.0 Å². The number of H-pyrrole nitrogens is 1. The number of rotatable bonds is 2. The van der Waals surface area contributed by atoms with Crippen LogP contribution in [0.1, 0.15) is 28.5 Å². The fourth-order valence-corrected chi connectivity index (χ4v) is 2.79. The van der Waals surface area contributed by atoms with E-state index in [4.69, 9.17) is 0 Å². The van der Waals surface area contributed by atoms with E-state index < -0.39 is 5.97 Å². The Morgan fingerprint density at radius 3 is 3.06 bits per heavy atom. The van der Waals surface area contributed by atoms with E-state index >= 15 is 0 Å². The summed E-state index contributed by atoms with van der Waals surface area (Å²) in [5.41, 5.74) is 3.82. The van der Waals surface area contributed by atoms with E-state index in [1.165, 1.54) is 11.3 Å². The molecular weight excluding hydrogens is 228 g/mol. The van der Waals surface area contributed by atoms with Crippen LogP contribution < -0.4 is 10.0 Å². The fourth-order valence-electron chi connectivity index (χ4n) is 2.79. The van der Waals surface area contributed by atoms with Crippen molar-refractivity contribution in [2.24, 2.45) is 0 Å². The number of benzene rings is 1. The molecule has 3 rings (SSSR count). The number of nitrogens with one attached hydrogen (secondary N) is 2. The summed E-state index contributed by atoms with van der Waals surface area (Å²) in [6, 6.07) is 5.17. The van der Waals surface area contributed by atoms with Gasteiger partial charge >= 0.3 is 0 Å². The van der Waals surface area contributed by atoms with Gasteiger partial charge in [0.15, 0.2) is 0 Å². The second kappa shape index (κ2) is 4.14. The number of likely N-dealkylation sites (N-methyl/N-ethyl adjacent to an activating group) is 1. The highest BCUT2D eigenvalue weighted by Gasteiger charge is 2.22. The number of aromatic nitrogens is 1. The first kappa shape index (κ1) is 11.3. The van der Waals surface area contributed by atoms with Gasteiger partial charge < -0.3 is 19.8 Å². The SMILES string of the molecule is CC[NH+]1CCc2[nH]c3ccc(C(=O)[O-])cc3c2C1. The van der Waals surface area contributed by atoms with Gasteiger partial charge in [0.1, 0.15) is 6.54 Å². The number of quaternary nitrogens is 1. The molecule has 4 heteroatoms. The van der Waals surface area contributed by atoms with Crippen LogP contribution in [0.5, 0.6) is 0 Å². The molecular formula is C14H16N2O2. The van der Waals surface area contributed by atoms with E-state index in [9.17, 15) is 9.90 Å². The van der Waals surface area contributed by atoms with Gasteiger partial charge in [0, 0.05) is 28.6 Å². The third-order valence-corrected chi connectivity index (χ3v) is 3.89. The minimum Gasteiger partial charge on any atom is -0.545 e. The molecule has 0 bridgehead atoms. The van der Waals surface area contributed by atoms with E-state index in [2.05, 4.69) is 11.9 Å². The highest BCUT2D eigenvalue weighted by Crippen LogP contribution is 2.24. The normalized spacial score (nSPS) is 18.8. The van der Waals surface area contributed by atoms with Gasteiger partial charge in [-0.25, -0.2) is 0 Å². The van der Waals surface area contributed by atoms with E-state index in [1.807, 2.05) is 6.07 Å². The van der Waals surface area contributed by atoms with Crippen LogP contribution in [0.3, 0.4) is 0 Å². The van der Waals surface area contributed by atoms with Crippen LogP contribution in [0, 0.1) is 0 Å². The number of carbonyl (C=O) groups excluding carboxylic acids is 1. The quantitative estimate of drug-likeness (QED) is 0.747. The molecule has 0 aliphatic carbocycles. The largest absolute Gasteiger partial charge is 0.545 e. The van der Waals surface area contributed by atoms with Gasteiger partial charge in [-0.2, -0.15) is 0 Å². The molecule has 94 valence electrons. The molecule has 2 heterocycles. The number of hydrogen-bond donors (Lipinski definition) is 2. The van der Waals surface area contributed by atoms with Crippen LogP contribution in [-0.2, 0) is 13.0 Å². The minimum atomic E-state index is -1.11. The van der Waals surface area contributed by atoms with Gasteiger partial charge in [0.25, 0.3) is 0 Å². The number of aromatic amines is 1. The van der Waals surface area contributed by atoms with Crippen LogP contribution in [-0.4, -0.2) is 24.0 Å². The number of carboxylic acid groups (broad SMARTS) is 1. The third-order valence-electron chi connectivity index (χ3n) is 3.89. The van der Waals surface area contributed by atoms with Crippen molar-refractivity contribution in [2.75, 3.05) is 13.1 Å². The summed E-state index contributed by atoms with van der Waals surface area (Å²) >= 11 is 0. The molecule has 2 aromatic rings. The zero-order valence-electron chi connectivity index (χ0n) is 10.4. The number of carbonyl (C=O) groups is 1. The zero-order chi connectivity index (χ0) is 12.7. The molecule has 1 unspecified atom stereocenters. The van der Waals surface area contributed by atoms with E-state index in [0.717, 1.165) is 37.0 Å². The summed E-state index contributed by atoms with van der Waals surface area (Å²) in [6.07, 6.45) is 1.04. The average molecular weight is 244 g/mol. The predicted molar refractivity (Wildman–Crippen MR) is 66.4 cm³/mol. The van der Waals surface area contributed by atoms with Crippen LogP contribution >= 0.6 is 0 Å². The Bertz CT molecular complexity index is 616. The Hall–Kier alpha value is -1.81. The second-order valence-electron chi connectivity index (χ2n) is 4.91. The van der Waals surface area contributed by atoms with Crippen LogP contribution in [0.2, 0.25) is 0 Å². The minimum absolute atomic E-state index is 0.257. The van der Waals surface area contributed by atoms with Crippen LogP contribution in [0.4, 0.5) is 0 Å². The van der Waals surface area contributed by atoms with Crippen molar-refractivity contribution in [2.45, 2.75) is 19.9 Å². The molecule has 0 spiro atoms. The first-order chi connectivity index (χ1) is 8.69. The van der Waals surface area contributed by atoms with E-state index in [0.29, 0.717) is 0 Å². The molecule has 0 saturated heterocycles. The number of aromatic carboxylic acids is 1. The van der Waals surface area contributed by atoms with Gasteiger partial charge in [-0.05, 0) is 24.6 Å². The van der Waals surface area contributed by atoms with Gasteiger partial charge in [-0.3, -0.25) is 0 Å². The van der Waals surface area contributed by atoms with Gasteiger partial charge in [-0.1, -0.05) is 6.07 Å². The second-order valence-corrected chi connectivity index (χ2v) is 4.91. The maximum absolute atomic E-state index is 10.9. The van der Waals surface area contributed by atoms with Gasteiger partial charge in [0.2, 0.25) is 0 Å². The molecule has 1 aliphatic heterocycles. The lowest BCUT2D eigenvalue weighted by Gasteiger charge is -2.22. The van der Waals surface area contributed by atoms with E-state index in [-0.39, 0.29) is 5.56 Å². The summed E-state index contributed by atoms with van der Waals surface area (Å²) in [5, 5.41) is 12.0. The fraction of sp³-hybridized carbons (Fsp3) is 0.357. The van der Waals surface area contributed by atoms with Gasteiger partial charge in [0.05, 0.1) is 19.1 Å². The summed E-state index contributed by atoms with van der Waals surface area (Å²) < 4.78 is 0. The Labute approximate surface area is 105 Å². The molecule has 1 aromatic heterocycles. The van der Waals surface area contributed by atoms with Crippen molar-refractivity contribution < 1.29 is 14.8 Å². The topological polar surface area (TPSA) is 60.4 Å². The van der Waals surface area contributed by atoms with Crippen molar-refractivity contribution in [1.29, 1.82) is 0 Å². The molecule has 0 fully saturated rings. The maximum Gasteiger partial charge on any atom is 0.105 e. The van der Waals surface area contributed by atoms with Crippen molar-refractivity contribution in [1.82, 2.24) is 4.98 Å². The molecule has 1 aromatic carbocycles. The van der Waals surface area contributed by atoms with Crippen LogP contribution in [0.25, 0.3) is 10.9 Å². The third kappa shape index (κ3) is 1.69. The molecule has 1 atom stereocenters. The van der Waals surface area contributed by atoms with Crippen molar-refractivity contribution in [3.63, 3.8) is 0 Å². The highest BCUT2D eigenvalue weighted by atomic mass is 16.4. The Kier molecular flexibility index (Phi) is 2.59.